The Kier molecular flexibility index (Phi) is 4.18. The van der Waals surface area contributed by atoms with Crippen molar-refractivity contribution >= 4 is 27.7 Å². The van der Waals surface area contributed by atoms with Gasteiger partial charge in [-0.1, -0.05) is 29.8 Å². The lowest BCUT2D eigenvalue weighted by Crippen LogP contribution is -2.21. The highest BCUT2D eigenvalue weighted by Gasteiger charge is 2.29. The third kappa shape index (κ3) is 3.39. The van der Waals surface area contributed by atoms with E-state index in [4.69, 9.17) is 9.84 Å². The van der Waals surface area contributed by atoms with E-state index in [1.165, 1.54) is 0 Å². The maximum atomic E-state index is 12.5. The molecule has 1 aromatic carbocycles. The Morgan fingerprint density at radius 2 is 2.05 bits per heavy atom. The van der Waals surface area contributed by atoms with Crippen LogP contribution in [0.1, 0.15) is 42.6 Å². The minimum absolute atomic E-state index is 0.0320. The normalized spacial score (nSPS) is 13.8. The van der Waals surface area contributed by atoms with E-state index in [2.05, 4.69) is 15.9 Å². The summed E-state index contributed by atoms with van der Waals surface area (Å²) in [5.41, 5.74) is 1.00. The molecule has 0 unspecified atom stereocenters. The lowest BCUT2D eigenvalue weighted by Gasteiger charge is -2.21. The molecule has 0 aromatic heterocycles. The van der Waals surface area contributed by atoms with Gasteiger partial charge in [0.05, 0.1) is 18.6 Å². The third-order valence-electron chi connectivity index (χ3n) is 3.32. The number of hydrogen-bond donors (Lipinski definition) is 1. The molecule has 4 nitrogen and oxygen atoms in total. The Hall–Kier alpha value is -1.36. The molecule has 0 aliphatic carbocycles. The Morgan fingerprint density at radius 3 is 2.70 bits per heavy atom. The molecule has 0 fully saturated rings. The lowest BCUT2D eigenvalue weighted by atomic mass is 9.82. The molecule has 1 aliphatic heterocycles. The van der Waals surface area contributed by atoms with Gasteiger partial charge in [0.2, 0.25) is 0 Å². The third-order valence-corrected chi connectivity index (χ3v) is 3.78. The van der Waals surface area contributed by atoms with Crippen LogP contribution in [0.15, 0.2) is 16.6 Å². The van der Waals surface area contributed by atoms with Gasteiger partial charge in [0, 0.05) is 17.3 Å². The number of carbonyl (C=O) groups is 2. The quantitative estimate of drug-likeness (QED) is 0.833. The Bertz CT molecular complexity index is 563. The summed E-state index contributed by atoms with van der Waals surface area (Å²) in [7, 11) is 0. The predicted molar refractivity (Wildman–Crippen MR) is 78.3 cm³/mol. The van der Waals surface area contributed by atoms with Gasteiger partial charge in [0.15, 0.2) is 5.78 Å². The second kappa shape index (κ2) is 5.56. The summed E-state index contributed by atoms with van der Waals surface area (Å²) in [6, 6.07) is 3.71. The van der Waals surface area contributed by atoms with Gasteiger partial charge in [-0.2, -0.15) is 0 Å². The fraction of sp³-hybridized carbons (Fsp3) is 0.467. The van der Waals surface area contributed by atoms with Crippen molar-refractivity contribution in [2.75, 3.05) is 6.61 Å². The number of carboxylic acids is 1. The number of aliphatic carboxylic acids is 1. The van der Waals surface area contributed by atoms with Gasteiger partial charge in [-0.15, -0.1) is 0 Å². The number of carboxylic acid groups (broad SMARTS) is 1. The molecule has 1 heterocycles. The molecule has 0 bridgehead atoms. The number of carbonyl (C=O) groups excluding carboxylic acids is 1. The lowest BCUT2D eigenvalue weighted by molar-refractivity contribution is -0.139. The molecule has 0 saturated carbocycles. The second-order valence-electron chi connectivity index (χ2n) is 5.87. The van der Waals surface area contributed by atoms with E-state index in [1.807, 2.05) is 6.07 Å². The fourth-order valence-electron chi connectivity index (χ4n) is 2.48. The first-order valence-corrected chi connectivity index (χ1v) is 7.28. The largest absolute Gasteiger partial charge is 0.492 e. The summed E-state index contributed by atoms with van der Waals surface area (Å²) in [6.07, 6.45) is 0.953. The summed E-state index contributed by atoms with van der Waals surface area (Å²) in [5, 5.41) is 8.89. The van der Waals surface area contributed by atoms with Gasteiger partial charge in [0.25, 0.3) is 0 Å². The van der Waals surface area contributed by atoms with E-state index in [0.29, 0.717) is 17.9 Å². The molecule has 20 heavy (non-hydrogen) atoms. The molecule has 1 aromatic rings. The number of halogens is 1. The summed E-state index contributed by atoms with van der Waals surface area (Å²) in [6.45, 7) is 4.17. The molecular weight excluding hydrogens is 324 g/mol. The fourth-order valence-corrected chi connectivity index (χ4v) is 2.98. The molecule has 0 saturated heterocycles. The van der Waals surface area contributed by atoms with Crippen LogP contribution in [0.4, 0.5) is 0 Å². The van der Waals surface area contributed by atoms with Gasteiger partial charge in [-0.05, 0) is 23.1 Å². The highest BCUT2D eigenvalue weighted by molar-refractivity contribution is 9.10. The first kappa shape index (κ1) is 15.0. The highest BCUT2D eigenvalue weighted by Crippen LogP contribution is 2.36. The maximum Gasteiger partial charge on any atom is 0.303 e. The predicted octanol–water partition coefficient (Wildman–Crippen LogP) is 3.46. The number of hydrogen-bond acceptors (Lipinski definition) is 3. The summed E-state index contributed by atoms with van der Waals surface area (Å²) in [5.74, 6) is -0.307. The number of Topliss-reactive ketones (excluding diaryl/α,β-unsaturated/α-hetero) is 1. The van der Waals surface area contributed by atoms with E-state index in [0.717, 1.165) is 16.5 Å². The summed E-state index contributed by atoms with van der Waals surface area (Å²) < 4.78 is 6.39. The van der Waals surface area contributed by atoms with Gasteiger partial charge >= 0.3 is 5.97 Å². The van der Waals surface area contributed by atoms with Crippen molar-refractivity contribution in [2.24, 2.45) is 5.41 Å². The Morgan fingerprint density at radius 1 is 1.35 bits per heavy atom. The molecule has 0 spiro atoms. The van der Waals surface area contributed by atoms with Crippen molar-refractivity contribution in [1.29, 1.82) is 0 Å². The van der Waals surface area contributed by atoms with Crippen molar-refractivity contribution < 1.29 is 19.4 Å². The van der Waals surface area contributed by atoms with E-state index in [9.17, 15) is 9.59 Å². The molecule has 1 aliphatic rings. The molecular formula is C15H17BrO4. The van der Waals surface area contributed by atoms with Crippen molar-refractivity contribution in [3.63, 3.8) is 0 Å². The van der Waals surface area contributed by atoms with Crippen LogP contribution in [-0.4, -0.2) is 23.5 Å². The summed E-state index contributed by atoms with van der Waals surface area (Å²) in [4.78, 5) is 23.3. The topological polar surface area (TPSA) is 63.6 Å². The zero-order valence-electron chi connectivity index (χ0n) is 11.5. The summed E-state index contributed by atoms with van der Waals surface area (Å²) >= 11 is 3.40. The van der Waals surface area contributed by atoms with Crippen LogP contribution < -0.4 is 4.74 Å². The monoisotopic (exact) mass is 340 g/mol. The van der Waals surface area contributed by atoms with Crippen molar-refractivity contribution in [2.45, 2.75) is 33.1 Å². The Balaban J connectivity index is 2.24. The van der Waals surface area contributed by atoms with Gasteiger partial charge < -0.3 is 9.84 Å². The second-order valence-corrected chi connectivity index (χ2v) is 6.79. The van der Waals surface area contributed by atoms with Crippen LogP contribution in [0.5, 0.6) is 5.75 Å². The SMILES string of the molecule is CC(C)(CC(=O)O)CC(=O)c1cc(Br)cc2c1OCC2. The molecule has 108 valence electrons. The van der Waals surface area contributed by atoms with Gasteiger partial charge in [0.1, 0.15) is 5.75 Å². The number of benzene rings is 1. The number of rotatable bonds is 5. The van der Waals surface area contributed by atoms with E-state index in [1.54, 1.807) is 19.9 Å². The molecule has 0 radical (unpaired) electrons. The highest BCUT2D eigenvalue weighted by atomic mass is 79.9. The molecule has 2 rings (SSSR count). The van der Waals surface area contributed by atoms with Crippen molar-refractivity contribution in [3.8, 4) is 5.75 Å². The van der Waals surface area contributed by atoms with Crippen LogP contribution in [-0.2, 0) is 11.2 Å². The number of fused-ring (bicyclic) bond motifs is 1. The Labute approximate surface area is 126 Å². The van der Waals surface area contributed by atoms with Crippen LogP contribution in [0, 0.1) is 5.41 Å². The maximum absolute atomic E-state index is 12.5. The molecule has 1 N–H and O–H groups in total. The molecule has 5 heteroatoms. The van der Waals surface area contributed by atoms with E-state index < -0.39 is 11.4 Å². The van der Waals surface area contributed by atoms with Crippen LogP contribution >= 0.6 is 15.9 Å². The zero-order valence-corrected chi connectivity index (χ0v) is 13.1. The van der Waals surface area contributed by atoms with E-state index in [-0.39, 0.29) is 18.6 Å². The van der Waals surface area contributed by atoms with Crippen LogP contribution in [0.25, 0.3) is 0 Å². The van der Waals surface area contributed by atoms with Gasteiger partial charge in [-0.25, -0.2) is 0 Å². The molecule has 0 amide bonds. The average molecular weight is 341 g/mol. The minimum Gasteiger partial charge on any atom is -0.492 e. The van der Waals surface area contributed by atoms with Gasteiger partial charge in [-0.3, -0.25) is 9.59 Å². The van der Waals surface area contributed by atoms with E-state index >= 15 is 0 Å². The van der Waals surface area contributed by atoms with Crippen molar-refractivity contribution in [1.82, 2.24) is 0 Å². The first-order chi connectivity index (χ1) is 9.28. The minimum atomic E-state index is -0.890. The molecule has 0 atom stereocenters. The average Bonchev–Trinajstić information content (AvgIpc) is 2.72. The van der Waals surface area contributed by atoms with Crippen molar-refractivity contribution in [3.05, 3.63) is 27.7 Å². The smallest absolute Gasteiger partial charge is 0.303 e. The zero-order chi connectivity index (χ0) is 14.9. The standard InChI is InChI=1S/C15H17BrO4/c1-15(2,8-13(18)19)7-12(17)11-6-10(16)5-9-3-4-20-14(9)11/h5-6H,3-4,7-8H2,1-2H3,(H,18,19). The number of ketones is 1. The van der Waals surface area contributed by atoms with Crippen LogP contribution in [0.2, 0.25) is 0 Å². The number of ether oxygens (including phenoxy) is 1. The first-order valence-electron chi connectivity index (χ1n) is 6.49. The van der Waals surface area contributed by atoms with Crippen LogP contribution in [0.3, 0.4) is 0 Å².